The maximum atomic E-state index is 12.6. The van der Waals surface area contributed by atoms with Crippen LogP contribution in [0, 0.1) is 0 Å². The molecule has 2 aromatic rings. The number of amides is 2. The summed E-state index contributed by atoms with van der Waals surface area (Å²) in [5.74, 6) is 0.268. The van der Waals surface area contributed by atoms with E-state index in [0.29, 0.717) is 23.1 Å². The first-order chi connectivity index (χ1) is 13.0. The number of benzene rings is 1. The molecule has 0 aliphatic carbocycles. The van der Waals surface area contributed by atoms with Crippen LogP contribution in [0.15, 0.2) is 48.8 Å². The van der Waals surface area contributed by atoms with Crippen LogP contribution in [0.3, 0.4) is 0 Å². The van der Waals surface area contributed by atoms with Crippen molar-refractivity contribution in [3.05, 3.63) is 54.4 Å². The highest BCUT2D eigenvalue weighted by Gasteiger charge is 2.41. The van der Waals surface area contributed by atoms with Gasteiger partial charge in [0.15, 0.2) is 5.11 Å². The second-order valence-electron chi connectivity index (χ2n) is 6.16. The van der Waals surface area contributed by atoms with Crippen molar-refractivity contribution in [2.24, 2.45) is 0 Å². The number of carbonyl (C=O) groups excluding carboxylic acids is 2. The Balaban J connectivity index is 1.70. The Morgan fingerprint density at radius 2 is 1.89 bits per heavy atom. The highest BCUT2D eigenvalue weighted by Crippen LogP contribution is 2.23. The summed E-state index contributed by atoms with van der Waals surface area (Å²) in [6.07, 6.45) is 3.39. The topological polar surface area (TPSA) is 74.8 Å². The third-order valence-corrected chi connectivity index (χ3v) is 4.89. The SMILES string of the molecule is COc1ccc(NC(=O)C[C@@H]2C(=O)N(C)C(=S)N2Cc2ccncc2)cc1. The number of carbonyl (C=O) groups is 2. The van der Waals surface area contributed by atoms with E-state index in [2.05, 4.69) is 10.3 Å². The molecule has 0 unspecified atom stereocenters. The number of nitrogens with zero attached hydrogens (tertiary/aromatic N) is 3. The lowest BCUT2D eigenvalue weighted by Crippen LogP contribution is -2.37. The minimum Gasteiger partial charge on any atom is -0.497 e. The number of thiocarbonyl (C=S) groups is 1. The zero-order chi connectivity index (χ0) is 19.4. The van der Waals surface area contributed by atoms with E-state index in [9.17, 15) is 9.59 Å². The van der Waals surface area contributed by atoms with Gasteiger partial charge in [-0.1, -0.05) is 0 Å². The molecule has 140 valence electrons. The number of likely N-dealkylation sites (N-methyl/N-ethyl adjacent to an activating group) is 1. The number of aromatic nitrogens is 1. The van der Waals surface area contributed by atoms with E-state index in [0.717, 1.165) is 5.56 Å². The number of methoxy groups -OCH3 is 1. The Morgan fingerprint density at radius 1 is 1.22 bits per heavy atom. The zero-order valence-electron chi connectivity index (χ0n) is 15.1. The normalized spacial score (nSPS) is 16.6. The van der Waals surface area contributed by atoms with Crippen LogP contribution in [0.5, 0.6) is 5.75 Å². The van der Waals surface area contributed by atoms with Crippen LogP contribution in [0.25, 0.3) is 0 Å². The first-order valence-electron chi connectivity index (χ1n) is 8.40. The Hall–Kier alpha value is -3.00. The lowest BCUT2D eigenvalue weighted by atomic mass is 10.1. The molecule has 27 heavy (non-hydrogen) atoms. The Morgan fingerprint density at radius 3 is 2.52 bits per heavy atom. The molecule has 1 atom stereocenters. The van der Waals surface area contributed by atoms with E-state index in [-0.39, 0.29) is 18.2 Å². The van der Waals surface area contributed by atoms with Crippen molar-refractivity contribution in [1.82, 2.24) is 14.8 Å². The average molecular weight is 384 g/mol. The molecule has 7 nitrogen and oxygen atoms in total. The predicted molar refractivity (Wildman–Crippen MR) is 105 cm³/mol. The summed E-state index contributed by atoms with van der Waals surface area (Å²) in [5.41, 5.74) is 1.61. The number of rotatable bonds is 6. The van der Waals surface area contributed by atoms with Gasteiger partial charge in [0.1, 0.15) is 11.8 Å². The predicted octanol–water partition coefficient (Wildman–Crippen LogP) is 2.05. The fourth-order valence-electron chi connectivity index (χ4n) is 2.90. The van der Waals surface area contributed by atoms with Crippen molar-refractivity contribution >= 4 is 34.8 Å². The van der Waals surface area contributed by atoms with Crippen LogP contribution in [-0.4, -0.2) is 51.9 Å². The molecule has 8 heteroatoms. The second-order valence-corrected chi connectivity index (χ2v) is 6.52. The van der Waals surface area contributed by atoms with Gasteiger partial charge < -0.3 is 15.0 Å². The van der Waals surface area contributed by atoms with E-state index >= 15 is 0 Å². The summed E-state index contributed by atoms with van der Waals surface area (Å²) in [6, 6.07) is 10.1. The van der Waals surface area contributed by atoms with Crippen molar-refractivity contribution in [3.63, 3.8) is 0 Å². The van der Waals surface area contributed by atoms with Gasteiger partial charge in [-0.25, -0.2) is 0 Å². The number of nitrogens with one attached hydrogen (secondary N) is 1. The Kier molecular flexibility index (Phi) is 5.66. The average Bonchev–Trinajstić information content (AvgIpc) is 2.88. The van der Waals surface area contributed by atoms with Crippen LogP contribution >= 0.6 is 12.2 Å². The van der Waals surface area contributed by atoms with Crippen LogP contribution < -0.4 is 10.1 Å². The highest BCUT2D eigenvalue weighted by atomic mass is 32.1. The molecule has 1 fully saturated rings. The first kappa shape index (κ1) is 18.8. The molecule has 0 spiro atoms. The summed E-state index contributed by atoms with van der Waals surface area (Å²) in [7, 11) is 3.21. The van der Waals surface area contributed by atoms with Gasteiger partial charge in [0.25, 0.3) is 5.91 Å². The van der Waals surface area contributed by atoms with Gasteiger partial charge in [0.05, 0.1) is 13.5 Å². The highest BCUT2D eigenvalue weighted by molar-refractivity contribution is 7.80. The molecule has 1 aliphatic rings. The lowest BCUT2D eigenvalue weighted by Gasteiger charge is -2.23. The molecule has 0 radical (unpaired) electrons. The lowest BCUT2D eigenvalue weighted by molar-refractivity contribution is -0.130. The molecule has 2 heterocycles. The standard InChI is InChI=1S/C19H20N4O3S/c1-22-18(25)16(23(19(22)27)12-13-7-9-20-10-8-13)11-17(24)21-14-3-5-15(26-2)6-4-14/h3-10,16H,11-12H2,1-2H3,(H,21,24)/t16-/m1/s1. The van der Waals surface area contributed by atoms with Gasteiger partial charge in [0.2, 0.25) is 5.91 Å². The van der Waals surface area contributed by atoms with E-state index in [1.807, 2.05) is 12.1 Å². The van der Waals surface area contributed by atoms with E-state index in [4.69, 9.17) is 17.0 Å². The molecule has 0 bridgehead atoms. The van der Waals surface area contributed by atoms with Crippen molar-refractivity contribution in [1.29, 1.82) is 0 Å². The zero-order valence-corrected chi connectivity index (χ0v) is 15.9. The fraction of sp³-hybridized carbons (Fsp3) is 0.263. The van der Waals surface area contributed by atoms with Crippen molar-refractivity contribution in [2.75, 3.05) is 19.5 Å². The number of hydrogen-bond acceptors (Lipinski definition) is 5. The maximum absolute atomic E-state index is 12.6. The van der Waals surface area contributed by atoms with Gasteiger partial charge >= 0.3 is 0 Å². The van der Waals surface area contributed by atoms with E-state index < -0.39 is 6.04 Å². The largest absolute Gasteiger partial charge is 0.497 e. The summed E-state index contributed by atoms with van der Waals surface area (Å²) < 4.78 is 5.10. The monoisotopic (exact) mass is 384 g/mol. The molecule has 1 N–H and O–H groups in total. The minimum atomic E-state index is -0.631. The summed E-state index contributed by atoms with van der Waals surface area (Å²) in [6.45, 7) is 0.442. The van der Waals surface area contributed by atoms with Gasteiger partial charge in [0, 0.05) is 31.7 Å². The van der Waals surface area contributed by atoms with Gasteiger partial charge in [-0.05, 0) is 54.2 Å². The number of hydrogen-bond donors (Lipinski definition) is 1. The molecule has 3 rings (SSSR count). The third kappa shape index (κ3) is 4.22. The summed E-state index contributed by atoms with van der Waals surface area (Å²) in [4.78, 5) is 32.3. The van der Waals surface area contributed by atoms with Gasteiger partial charge in [-0.15, -0.1) is 0 Å². The molecule has 1 aromatic heterocycles. The molecule has 1 aromatic carbocycles. The Labute approximate surface area is 162 Å². The van der Waals surface area contributed by atoms with Crippen molar-refractivity contribution in [3.8, 4) is 5.75 Å². The summed E-state index contributed by atoms with van der Waals surface area (Å²) in [5, 5.41) is 3.23. The minimum absolute atomic E-state index is 0.0143. The number of anilines is 1. The van der Waals surface area contributed by atoms with Crippen LogP contribution in [0.4, 0.5) is 5.69 Å². The molecule has 2 amide bonds. The van der Waals surface area contributed by atoms with Crippen LogP contribution in [-0.2, 0) is 16.1 Å². The van der Waals surface area contributed by atoms with Crippen molar-refractivity contribution in [2.45, 2.75) is 19.0 Å². The fourth-order valence-corrected chi connectivity index (χ4v) is 3.18. The molecular formula is C19H20N4O3S. The smallest absolute Gasteiger partial charge is 0.251 e. The maximum Gasteiger partial charge on any atom is 0.251 e. The number of pyridine rings is 1. The van der Waals surface area contributed by atoms with Gasteiger partial charge in [-0.3, -0.25) is 19.5 Å². The molecule has 0 saturated carbocycles. The third-order valence-electron chi connectivity index (χ3n) is 4.38. The van der Waals surface area contributed by atoms with Crippen molar-refractivity contribution < 1.29 is 14.3 Å². The summed E-state index contributed by atoms with van der Waals surface area (Å²) >= 11 is 5.40. The van der Waals surface area contributed by atoms with E-state index in [1.54, 1.807) is 55.7 Å². The van der Waals surface area contributed by atoms with E-state index in [1.165, 1.54) is 4.90 Å². The Bertz CT molecular complexity index is 842. The van der Waals surface area contributed by atoms with Crippen LogP contribution in [0.2, 0.25) is 0 Å². The second kappa shape index (κ2) is 8.13. The van der Waals surface area contributed by atoms with Crippen LogP contribution in [0.1, 0.15) is 12.0 Å². The molecule has 1 aliphatic heterocycles. The van der Waals surface area contributed by atoms with Gasteiger partial charge in [-0.2, -0.15) is 0 Å². The number of ether oxygens (including phenoxy) is 1. The molecule has 1 saturated heterocycles. The first-order valence-corrected chi connectivity index (χ1v) is 8.81. The quantitative estimate of drug-likeness (QED) is 0.769. The molecular weight excluding hydrogens is 364 g/mol.